The Kier molecular flexibility index (Phi) is 3.64. The van der Waals surface area contributed by atoms with Gasteiger partial charge in [-0.2, -0.15) is 5.10 Å². The van der Waals surface area contributed by atoms with Gasteiger partial charge >= 0.3 is 0 Å². The van der Waals surface area contributed by atoms with Crippen molar-refractivity contribution in [2.45, 2.75) is 20.0 Å². The first-order valence-corrected chi connectivity index (χ1v) is 9.33. The number of aromatic nitrogens is 2. The Morgan fingerprint density at radius 2 is 1.85 bits per heavy atom. The van der Waals surface area contributed by atoms with Crippen LogP contribution >= 0.6 is 0 Å². The highest BCUT2D eigenvalue weighted by Gasteiger charge is 2.29. The average Bonchev–Trinajstić information content (AvgIpc) is 3.09. The van der Waals surface area contributed by atoms with Crippen LogP contribution < -0.4 is 10.1 Å². The summed E-state index contributed by atoms with van der Waals surface area (Å²) in [7, 11) is 0. The molecular weight excluding hydrogens is 334 g/mol. The SMILES string of the molecule is CCOc1ccc2ccccc2c1C1Nc2ccccc2-c2cc(C)nn21. The third-order valence-corrected chi connectivity index (χ3v) is 5.10. The lowest BCUT2D eigenvalue weighted by Crippen LogP contribution is -2.26. The molecule has 134 valence electrons. The van der Waals surface area contributed by atoms with Crippen LogP contribution in [0.2, 0.25) is 0 Å². The molecule has 2 heterocycles. The van der Waals surface area contributed by atoms with Crippen molar-refractivity contribution < 1.29 is 4.74 Å². The second-order valence-corrected chi connectivity index (χ2v) is 6.84. The predicted octanol–water partition coefficient (Wildman–Crippen LogP) is 5.38. The molecule has 0 radical (unpaired) electrons. The zero-order valence-electron chi connectivity index (χ0n) is 15.4. The van der Waals surface area contributed by atoms with Crippen molar-refractivity contribution in [1.29, 1.82) is 0 Å². The van der Waals surface area contributed by atoms with Crippen LogP contribution in [-0.2, 0) is 0 Å². The molecule has 5 rings (SSSR count). The van der Waals surface area contributed by atoms with E-state index >= 15 is 0 Å². The second-order valence-electron chi connectivity index (χ2n) is 6.84. The van der Waals surface area contributed by atoms with Crippen molar-refractivity contribution in [3.05, 3.63) is 78.0 Å². The summed E-state index contributed by atoms with van der Waals surface area (Å²) in [5, 5.41) is 10.9. The van der Waals surface area contributed by atoms with Crippen molar-refractivity contribution in [3.8, 4) is 17.0 Å². The van der Waals surface area contributed by atoms with Crippen molar-refractivity contribution >= 4 is 16.5 Å². The standard InChI is InChI=1S/C23H21N3O/c1-3-27-21-13-12-16-8-4-5-9-17(16)22(21)23-24-19-11-7-6-10-18(19)20-14-15(2)25-26(20)23/h4-14,23-24H,3H2,1-2H3. The maximum atomic E-state index is 6.03. The minimum absolute atomic E-state index is 0.128. The fourth-order valence-electron chi connectivity index (χ4n) is 3.99. The van der Waals surface area contributed by atoms with Gasteiger partial charge in [0, 0.05) is 16.8 Å². The molecule has 1 aliphatic heterocycles. The van der Waals surface area contributed by atoms with Gasteiger partial charge in [-0.25, -0.2) is 4.68 Å². The molecule has 1 aromatic heterocycles. The highest BCUT2D eigenvalue weighted by Crippen LogP contribution is 2.42. The molecule has 27 heavy (non-hydrogen) atoms. The first-order chi connectivity index (χ1) is 13.3. The summed E-state index contributed by atoms with van der Waals surface area (Å²) in [5.41, 5.74) is 5.54. The lowest BCUT2D eigenvalue weighted by atomic mass is 9.98. The minimum atomic E-state index is -0.128. The molecular formula is C23H21N3O. The topological polar surface area (TPSA) is 39.1 Å². The van der Waals surface area contributed by atoms with Gasteiger partial charge in [0.05, 0.1) is 18.0 Å². The average molecular weight is 355 g/mol. The molecule has 0 saturated carbocycles. The molecule has 1 N–H and O–H groups in total. The quantitative estimate of drug-likeness (QED) is 0.536. The number of hydrogen-bond donors (Lipinski definition) is 1. The Hall–Kier alpha value is -3.27. The van der Waals surface area contributed by atoms with Gasteiger partial charge in [-0.05, 0) is 42.8 Å². The summed E-state index contributed by atoms with van der Waals surface area (Å²) in [6, 6.07) is 23.2. The van der Waals surface area contributed by atoms with Crippen LogP contribution in [0.4, 0.5) is 5.69 Å². The third kappa shape index (κ3) is 2.48. The van der Waals surface area contributed by atoms with Gasteiger partial charge in [0.2, 0.25) is 0 Å². The lowest BCUT2D eigenvalue weighted by Gasteiger charge is -2.31. The molecule has 1 aliphatic rings. The van der Waals surface area contributed by atoms with Crippen LogP contribution in [0, 0.1) is 6.92 Å². The summed E-state index contributed by atoms with van der Waals surface area (Å²) in [6.45, 7) is 4.68. The van der Waals surface area contributed by atoms with Crippen molar-refractivity contribution in [1.82, 2.24) is 9.78 Å². The molecule has 4 heteroatoms. The molecule has 0 spiro atoms. The highest BCUT2D eigenvalue weighted by atomic mass is 16.5. The van der Waals surface area contributed by atoms with Crippen LogP contribution in [0.3, 0.4) is 0 Å². The van der Waals surface area contributed by atoms with E-state index < -0.39 is 0 Å². The normalized spacial score (nSPS) is 15.1. The summed E-state index contributed by atoms with van der Waals surface area (Å²) in [5.74, 6) is 0.896. The number of aryl methyl sites for hydroxylation is 1. The maximum Gasteiger partial charge on any atom is 0.151 e. The van der Waals surface area contributed by atoms with E-state index in [0.29, 0.717) is 6.61 Å². The molecule has 1 atom stereocenters. The van der Waals surface area contributed by atoms with Crippen LogP contribution in [0.25, 0.3) is 22.0 Å². The number of hydrogen-bond acceptors (Lipinski definition) is 3. The number of rotatable bonds is 3. The number of para-hydroxylation sites is 1. The van der Waals surface area contributed by atoms with Crippen LogP contribution in [0.15, 0.2) is 66.7 Å². The Morgan fingerprint density at radius 1 is 1.04 bits per heavy atom. The molecule has 1 unspecified atom stereocenters. The zero-order valence-corrected chi connectivity index (χ0v) is 15.4. The van der Waals surface area contributed by atoms with E-state index in [1.54, 1.807) is 0 Å². The van der Waals surface area contributed by atoms with E-state index in [4.69, 9.17) is 9.84 Å². The van der Waals surface area contributed by atoms with E-state index in [0.717, 1.165) is 28.4 Å². The van der Waals surface area contributed by atoms with Crippen molar-refractivity contribution in [3.63, 3.8) is 0 Å². The van der Waals surface area contributed by atoms with Crippen LogP contribution in [0.5, 0.6) is 5.75 Å². The lowest BCUT2D eigenvalue weighted by molar-refractivity contribution is 0.333. The van der Waals surface area contributed by atoms with Gasteiger partial charge in [-0.3, -0.25) is 0 Å². The molecule has 0 aliphatic carbocycles. The van der Waals surface area contributed by atoms with E-state index in [1.165, 1.54) is 16.3 Å². The van der Waals surface area contributed by atoms with Gasteiger partial charge in [0.1, 0.15) is 5.75 Å². The third-order valence-electron chi connectivity index (χ3n) is 5.10. The number of anilines is 1. The van der Waals surface area contributed by atoms with Gasteiger partial charge < -0.3 is 10.1 Å². The zero-order chi connectivity index (χ0) is 18.4. The Balaban J connectivity index is 1.79. The number of benzene rings is 3. The van der Waals surface area contributed by atoms with E-state index in [-0.39, 0.29) is 6.17 Å². The minimum Gasteiger partial charge on any atom is -0.493 e. The smallest absolute Gasteiger partial charge is 0.151 e. The molecule has 4 nitrogen and oxygen atoms in total. The monoisotopic (exact) mass is 355 g/mol. The fraction of sp³-hybridized carbons (Fsp3) is 0.174. The fourth-order valence-corrected chi connectivity index (χ4v) is 3.99. The number of ether oxygens (including phenoxy) is 1. The van der Waals surface area contributed by atoms with Crippen molar-refractivity contribution in [2.24, 2.45) is 0 Å². The summed E-state index contributed by atoms with van der Waals surface area (Å²) < 4.78 is 8.11. The summed E-state index contributed by atoms with van der Waals surface area (Å²) in [4.78, 5) is 0. The maximum absolute atomic E-state index is 6.03. The number of fused-ring (bicyclic) bond motifs is 4. The summed E-state index contributed by atoms with van der Waals surface area (Å²) in [6.07, 6.45) is -0.128. The van der Waals surface area contributed by atoms with Crippen molar-refractivity contribution in [2.75, 3.05) is 11.9 Å². The van der Waals surface area contributed by atoms with E-state index in [2.05, 4.69) is 76.7 Å². The Labute approximate surface area is 158 Å². The number of nitrogens with one attached hydrogen (secondary N) is 1. The van der Waals surface area contributed by atoms with Gasteiger partial charge in [-0.15, -0.1) is 0 Å². The molecule has 0 fully saturated rings. The molecule has 0 bridgehead atoms. The van der Waals surface area contributed by atoms with E-state index in [1.807, 2.05) is 13.8 Å². The second kappa shape index (κ2) is 6.16. The van der Waals surface area contributed by atoms with Gasteiger partial charge in [0.25, 0.3) is 0 Å². The summed E-state index contributed by atoms with van der Waals surface area (Å²) >= 11 is 0. The predicted molar refractivity (Wildman–Crippen MR) is 109 cm³/mol. The first kappa shape index (κ1) is 15.9. The van der Waals surface area contributed by atoms with Crippen LogP contribution in [-0.4, -0.2) is 16.4 Å². The molecule has 4 aromatic rings. The Morgan fingerprint density at radius 3 is 2.74 bits per heavy atom. The largest absolute Gasteiger partial charge is 0.493 e. The molecule has 0 saturated heterocycles. The van der Waals surface area contributed by atoms with E-state index in [9.17, 15) is 0 Å². The highest BCUT2D eigenvalue weighted by molar-refractivity contribution is 5.89. The number of nitrogens with zero attached hydrogens (tertiary/aromatic N) is 2. The molecule has 0 amide bonds. The first-order valence-electron chi connectivity index (χ1n) is 9.33. The van der Waals surface area contributed by atoms with Crippen LogP contribution in [0.1, 0.15) is 24.3 Å². The van der Waals surface area contributed by atoms with Gasteiger partial charge in [0.15, 0.2) is 6.17 Å². The Bertz CT molecular complexity index is 1150. The van der Waals surface area contributed by atoms with Gasteiger partial charge in [-0.1, -0.05) is 48.5 Å². The molecule has 3 aromatic carbocycles.